The first kappa shape index (κ1) is 28.6. The minimum absolute atomic E-state index is 0.0299. The lowest BCUT2D eigenvalue weighted by Gasteiger charge is -2.42. The summed E-state index contributed by atoms with van der Waals surface area (Å²) in [5, 5.41) is 4.94. The van der Waals surface area contributed by atoms with Gasteiger partial charge in [0.15, 0.2) is 5.75 Å². The Hall–Kier alpha value is -4.50. The largest absolute Gasteiger partial charge is 0.496 e. The molecule has 3 aromatic carbocycles. The van der Waals surface area contributed by atoms with E-state index in [0.29, 0.717) is 22.7 Å². The van der Waals surface area contributed by atoms with Gasteiger partial charge in [-0.15, -0.1) is 0 Å². The van der Waals surface area contributed by atoms with Crippen LogP contribution in [0, 0.1) is 5.92 Å². The number of Topliss-reactive ketones (excluding diaryl/α,β-unsaturated/α-hetero) is 2. The highest BCUT2D eigenvalue weighted by Gasteiger charge is 2.63. The molecule has 1 N–H and O–H groups in total. The van der Waals surface area contributed by atoms with Gasteiger partial charge in [0.05, 0.1) is 34.0 Å². The van der Waals surface area contributed by atoms with Crippen LogP contribution in [-0.2, 0) is 14.3 Å². The first-order valence-electron chi connectivity index (χ1n) is 13.7. The SMILES string of the molecule is COC(=O)C1=C(C)NC2=C(C(=O)C3(Oc4c(Cl)c(OC)cc(OC)c4C3=O)C(C)C2)C1c1ccc(OC)c2ccccc12. The first-order chi connectivity index (χ1) is 20.6. The van der Waals surface area contributed by atoms with Crippen molar-refractivity contribution < 1.29 is 38.1 Å². The smallest absolute Gasteiger partial charge is 0.336 e. The predicted molar refractivity (Wildman–Crippen MR) is 159 cm³/mol. The van der Waals surface area contributed by atoms with Crippen LogP contribution in [0.25, 0.3) is 10.8 Å². The summed E-state index contributed by atoms with van der Waals surface area (Å²) in [6.45, 7) is 3.57. The standard InChI is InChI=1S/C33H30ClNO8/c1-15-13-20-26(30(36)33(15)31(37)27-22(40-4)14-23(41-5)28(34)29(27)43-33)25(24(16(2)35-20)32(38)42-6)19-11-12-21(39-3)18-10-8-7-9-17(18)19/h7-12,14-15,25,35H,13H2,1-6H3. The molecule has 43 heavy (non-hydrogen) atoms. The van der Waals surface area contributed by atoms with Gasteiger partial charge in [-0.1, -0.05) is 48.9 Å². The average Bonchev–Trinajstić information content (AvgIpc) is 3.33. The van der Waals surface area contributed by atoms with Gasteiger partial charge in [-0.05, 0) is 30.4 Å². The lowest BCUT2D eigenvalue weighted by Crippen LogP contribution is -2.58. The molecule has 0 bridgehead atoms. The Balaban J connectivity index is 1.60. The number of hydrogen-bond donors (Lipinski definition) is 1. The predicted octanol–water partition coefficient (Wildman–Crippen LogP) is 5.53. The molecule has 6 rings (SSSR count). The number of fused-ring (bicyclic) bond motifs is 2. The molecule has 10 heteroatoms. The van der Waals surface area contributed by atoms with Gasteiger partial charge in [-0.3, -0.25) is 9.59 Å². The number of nitrogens with one attached hydrogen (secondary N) is 1. The maximum atomic E-state index is 15.0. The van der Waals surface area contributed by atoms with Gasteiger partial charge in [0.25, 0.3) is 0 Å². The van der Waals surface area contributed by atoms with E-state index in [9.17, 15) is 14.4 Å². The molecule has 0 amide bonds. The number of allylic oxidation sites excluding steroid dienone is 2. The Bertz CT molecular complexity index is 1810. The molecule has 3 atom stereocenters. The molecule has 3 aliphatic rings. The van der Waals surface area contributed by atoms with Gasteiger partial charge in [0, 0.05) is 40.3 Å². The summed E-state index contributed by atoms with van der Waals surface area (Å²) in [7, 11) is 5.73. The van der Waals surface area contributed by atoms with E-state index < -0.39 is 35.0 Å². The number of ether oxygens (including phenoxy) is 5. The zero-order valence-electron chi connectivity index (χ0n) is 24.5. The van der Waals surface area contributed by atoms with Gasteiger partial charge >= 0.3 is 5.97 Å². The van der Waals surface area contributed by atoms with E-state index in [1.165, 1.54) is 27.4 Å². The van der Waals surface area contributed by atoms with Gasteiger partial charge in [-0.2, -0.15) is 0 Å². The molecule has 1 spiro atoms. The number of carbonyl (C=O) groups excluding carboxylic acids is 3. The highest BCUT2D eigenvalue weighted by Crippen LogP contribution is 2.56. The van der Waals surface area contributed by atoms with Gasteiger partial charge < -0.3 is 29.0 Å². The maximum absolute atomic E-state index is 15.0. The van der Waals surface area contributed by atoms with Crippen molar-refractivity contribution in [1.29, 1.82) is 0 Å². The van der Waals surface area contributed by atoms with Crippen LogP contribution in [0.1, 0.15) is 42.1 Å². The highest BCUT2D eigenvalue weighted by molar-refractivity contribution is 6.36. The van der Waals surface area contributed by atoms with Crippen LogP contribution in [-0.4, -0.2) is 51.6 Å². The minimum atomic E-state index is -1.95. The number of esters is 1. The second-order valence-corrected chi connectivity index (χ2v) is 11.2. The number of rotatable bonds is 5. The number of carbonyl (C=O) groups is 3. The van der Waals surface area contributed by atoms with Crippen LogP contribution in [0.3, 0.4) is 0 Å². The monoisotopic (exact) mass is 603 g/mol. The molecule has 0 saturated heterocycles. The van der Waals surface area contributed by atoms with Gasteiger partial charge in [0.1, 0.15) is 27.8 Å². The van der Waals surface area contributed by atoms with E-state index >= 15 is 0 Å². The number of halogens is 1. The summed E-state index contributed by atoms with van der Waals surface area (Å²) in [6.07, 6.45) is 0.286. The van der Waals surface area contributed by atoms with Crippen LogP contribution in [0.15, 0.2) is 65.0 Å². The molecule has 3 unspecified atom stereocenters. The number of methoxy groups -OCH3 is 4. The van der Waals surface area contributed by atoms with E-state index in [1.807, 2.05) is 30.3 Å². The highest BCUT2D eigenvalue weighted by atomic mass is 35.5. The van der Waals surface area contributed by atoms with E-state index in [2.05, 4.69) is 5.32 Å². The number of ketones is 2. The van der Waals surface area contributed by atoms with Crippen molar-refractivity contribution in [1.82, 2.24) is 5.32 Å². The molecule has 222 valence electrons. The molecule has 3 aromatic rings. The molecule has 1 aliphatic carbocycles. The van der Waals surface area contributed by atoms with E-state index in [0.717, 1.165) is 10.8 Å². The summed E-state index contributed by atoms with van der Waals surface area (Å²) < 4.78 is 28.1. The molecule has 2 aliphatic heterocycles. The molecule has 9 nitrogen and oxygen atoms in total. The molecular formula is C33H30ClNO8. The van der Waals surface area contributed by atoms with Crippen molar-refractivity contribution in [2.24, 2.45) is 5.92 Å². The Morgan fingerprint density at radius 2 is 1.63 bits per heavy atom. The lowest BCUT2D eigenvalue weighted by molar-refractivity contribution is -0.136. The molecular weight excluding hydrogens is 574 g/mol. The van der Waals surface area contributed by atoms with Crippen molar-refractivity contribution in [2.45, 2.75) is 31.8 Å². The molecule has 0 saturated carbocycles. The zero-order valence-corrected chi connectivity index (χ0v) is 25.3. The molecule has 0 aromatic heterocycles. The Morgan fingerprint density at radius 3 is 2.28 bits per heavy atom. The molecule has 0 fully saturated rings. The van der Waals surface area contributed by atoms with Crippen molar-refractivity contribution in [3.8, 4) is 23.0 Å². The van der Waals surface area contributed by atoms with Crippen LogP contribution < -0.4 is 24.3 Å². The second kappa shape index (κ2) is 10.3. The molecule has 0 radical (unpaired) electrons. The van der Waals surface area contributed by atoms with Crippen molar-refractivity contribution in [3.05, 3.63) is 81.2 Å². The summed E-state index contributed by atoms with van der Waals surface area (Å²) in [5.41, 5.74) is 0.497. The number of hydrogen-bond acceptors (Lipinski definition) is 9. The quantitative estimate of drug-likeness (QED) is 0.297. The normalized spacial score (nSPS) is 22.7. The van der Waals surface area contributed by atoms with Crippen LogP contribution >= 0.6 is 11.6 Å². The summed E-state index contributed by atoms with van der Waals surface area (Å²) in [6, 6.07) is 12.7. The van der Waals surface area contributed by atoms with Crippen LogP contribution in [0.5, 0.6) is 23.0 Å². The zero-order chi connectivity index (χ0) is 30.8. The van der Waals surface area contributed by atoms with Crippen LogP contribution in [0.4, 0.5) is 0 Å². The summed E-state index contributed by atoms with van der Waals surface area (Å²) in [4.78, 5) is 42.8. The first-order valence-corrected chi connectivity index (χ1v) is 14.1. The third kappa shape index (κ3) is 3.87. The second-order valence-electron chi connectivity index (χ2n) is 10.8. The van der Waals surface area contributed by atoms with E-state index in [1.54, 1.807) is 27.0 Å². The van der Waals surface area contributed by atoms with E-state index in [-0.39, 0.29) is 45.4 Å². The summed E-state index contributed by atoms with van der Waals surface area (Å²) in [5.74, 6) is -2.09. The van der Waals surface area contributed by atoms with Crippen molar-refractivity contribution >= 4 is 39.9 Å². The lowest BCUT2D eigenvalue weighted by atomic mass is 9.65. The van der Waals surface area contributed by atoms with Gasteiger partial charge in [-0.25, -0.2) is 4.79 Å². The third-order valence-corrected chi connectivity index (χ3v) is 9.06. The third-order valence-electron chi connectivity index (χ3n) is 8.70. The van der Waals surface area contributed by atoms with Crippen molar-refractivity contribution in [3.63, 3.8) is 0 Å². The average molecular weight is 604 g/mol. The Labute approximate surface area is 253 Å². The topological polar surface area (TPSA) is 109 Å². The Morgan fingerprint density at radius 1 is 0.953 bits per heavy atom. The Kier molecular flexibility index (Phi) is 6.88. The van der Waals surface area contributed by atoms with Gasteiger partial charge in [0.2, 0.25) is 17.2 Å². The fraction of sp³-hybridized carbons (Fsp3) is 0.303. The number of benzene rings is 3. The van der Waals surface area contributed by atoms with Crippen LogP contribution in [0.2, 0.25) is 5.02 Å². The number of dihydropyridines is 1. The van der Waals surface area contributed by atoms with Crippen molar-refractivity contribution in [2.75, 3.05) is 28.4 Å². The minimum Gasteiger partial charge on any atom is -0.496 e. The summed E-state index contributed by atoms with van der Waals surface area (Å²) >= 11 is 6.63. The van der Waals surface area contributed by atoms with E-state index in [4.69, 9.17) is 35.3 Å². The fourth-order valence-corrected chi connectivity index (χ4v) is 6.96. The molecule has 2 heterocycles. The maximum Gasteiger partial charge on any atom is 0.336 e. The fourth-order valence-electron chi connectivity index (χ4n) is 6.69.